The maximum absolute atomic E-state index is 13.4. The number of amides is 1. The molecule has 0 radical (unpaired) electrons. The lowest BCUT2D eigenvalue weighted by Crippen LogP contribution is -2.58. The minimum Gasteiger partial charge on any atom is -0.444 e. The van der Waals surface area contributed by atoms with Gasteiger partial charge in [0.1, 0.15) is 11.7 Å². The number of aliphatic hydroxyl groups is 1. The first-order valence-corrected chi connectivity index (χ1v) is 5.57. The fraction of sp³-hybridized carbons (Fsp3) is 0.909. The molecule has 0 spiro atoms. The quantitative estimate of drug-likeness (QED) is 0.715. The van der Waals surface area contributed by atoms with E-state index in [0.29, 0.717) is 0 Å². The lowest BCUT2D eigenvalue weighted by molar-refractivity contribution is -0.167. The van der Waals surface area contributed by atoms with Crippen molar-refractivity contribution in [3.8, 4) is 0 Å². The lowest BCUT2D eigenvalue weighted by atomic mass is 9.94. The molecule has 1 rings (SSSR count). The Morgan fingerprint density at radius 3 is 2.41 bits per heavy atom. The van der Waals surface area contributed by atoms with Gasteiger partial charge in [-0.05, 0) is 20.8 Å². The van der Waals surface area contributed by atoms with Crippen LogP contribution in [0, 0.1) is 5.92 Å². The van der Waals surface area contributed by atoms with Crippen LogP contribution in [0.2, 0.25) is 0 Å². The highest BCUT2D eigenvalue weighted by molar-refractivity contribution is 5.68. The van der Waals surface area contributed by atoms with Crippen LogP contribution in [0.1, 0.15) is 27.7 Å². The summed E-state index contributed by atoms with van der Waals surface area (Å²) in [6, 6.07) is 0. The molecule has 0 bridgehead atoms. The Labute approximate surface area is 99.5 Å². The molecule has 0 saturated carbocycles. The van der Waals surface area contributed by atoms with Gasteiger partial charge < -0.3 is 14.7 Å². The molecule has 0 aromatic heterocycles. The number of likely N-dealkylation sites (tertiary alicyclic amines) is 1. The molecular formula is C11H19F2NO3. The zero-order chi connectivity index (χ0) is 13.4. The molecule has 0 unspecified atom stereocenters. The van der Waals surface area contributed by atoms with Crippen LogP contribution in [0.15, 0.2) is 0 Å². The summed E-state index contributed by atoms with van der Waals surface area (Å²) in [6.45, 7) is 5.77. The van der Waals surface area contributed by atoms with Crippen LogP contribution in [0.3, 0.4) is 0 Å². The fourth-order valence-corrected chi connectivity index (χ4v) is 1.74. The molecule has 1 heterocycles. The van der Waals surface area contributed by atoms with Crippen LogP contribution in [-0.2, 0) is 4.74 Å². The van der Waals surface area contributed by atoms with Crippen molar-refractivity contribution in [1.29, 1.82) is 0 Å². The minimum absolute atomic E-state index is 0.0751. The molecule has 0 aromatic carbocycles. The van der Waals surface area contributed by atoms with Gasteiger partial charge in [0.05, 0.1) is 6.54 Å². The molecule has 0 aliphatic carbocycles. The zero-order valence-electron chi connectivity index (χ0n) is 10.5. The number of alkyl halides is 2. The SMILES string of the molecule is C[C@@H]1CN(C(=O)OC(C)(C)C)CC(F)(F)[C@H]1O. The van der Waals surface area contributed by atoms with Gasteiger partial charge in [-0.3, -0.25) is 0 Å². The lowest BCUT2D eigenvalue weighted by Gasteiger charge is -2.40. The molecule has 17 heavy (non-hydrogen) atoms. The average molecular weight is 251 g/mol. The Bertz CT molecular complexity index is 302. The van der Waals surface area contributed by atoms with E-state index in [1.54, 1.807) is 20.8 Å². The van der Waals surface area contributed by atoms with Crippen LogP contribution in [-0.4, -0.2) is 46.8 Å². The van der Waals surface area contributed by atoms with Crippen molar-refractivity contribution in [1.82, 2.24) is 4.90 Å². The molecular weight excluding hydrogens is 232 g/mol. The third kappa shape index (κ3) is 3.52. The number of aliphatic hydroxyl groups excluding tert-OH is 1. The third-order valence-electron chi connectivity index (χ3n) is 2.53. The third-order valence-corrected chi connectivity index (χ3v) is 2.53. The largest absolute Gasteiger partial charge is 0.444 e. The first kappa shape index (κ1) is 14.2. The van der Waals surface area contributed by atoms with Crippen molar-refractivity contribution in [3.05, 3.63) is 0 Å². The Kier molecular flexibility index (Phi) is 3.66. The van der Waals surface area contributed by atoms with Crippen LogP contribution < -0.4 is 0 Å². The van der Waals surface area contributed by atoms with Gasteiger partial charge in [0, 0.05) is 12.5 Å². The van der Waals surface area contributed by atoms with Crippen molar-refractivity contribution < 1.29 is 23.4 Å². The fourth-order valence-electron chi connectivity index (χ4n) is 1.74. The number of carbonyl (C=O) groups is 1. The summed E-state index contributed by atoms with van der Waals surface area (Å²) in [7, 11) is 0. The molecule has 100 valence electrons. The molecule has 1 fully saturated rings. The van der Waals surface area contributed by atoms with Crippen LogP contribution in [0.25, 0.3) is 0 Å². The standard InChI is InChI=1S/C11H19F2NO3/c1-7-5-14(6-11(12,13)8(7)15)9(16)17-10(2,3)4/h7-8,15H,5-6H2,1-4H3/t7-,8+/m1/s1. The Morgan fingerprint density at radius 1 is 1.47 bits per heavy atom. The number of piperidine rings is 1. The monoisotopic (exact) mass is 251 g/mol. The van der Waals surface area contributed by atoms with E-state index in [2.05, 4.69) is 0 Å². The van der Waals surface area contributed by atoms with Gasteiger partial charge in [-0.15, -0.1) is 0 Å². The number of rotatable bonds is 0. The molecule has 4 nitrogen and oxygen atoms in total. The number of carbonyl (C=O) groups excluding carboxylic acids is 1. The van der Waals surface area contributed by atoms with Crippen molar-refractivity contribution in [2.45, 2.75) is 45.3 Å². The van der Waals surface area contributed by atoms with E-state index in [-0.39, 0.29) is 6.54 Å². The van der Waals surface area contributed by atoms with Crippen molar-refractivity contribution in [3.63, 3.8) is 0 Å². The topological polar surface area (TPSA) is 49.8 Å². The highest BCUT2D eigenvalue weighted by Gasteiger charge is 2.49. The molecule has 6 heteroatoms. The molecule has 2 atom stereocenters. The van der Waals surface area contributed by atoms with Crippen LogP contribution in [0.5, 0.6) is 0 Å². The summed E-state index contributed by atoms with van der Waals surface area (Å²) in [5, 5.41) is 9.31. The van der Waals surface area contributed by atoms with Crippen molar-refractivity contribution >= 4 is 6.09 Å². The first-order chi connectivity index (χ1) is 7.53. The van der Waals surface area contributed by atoms with Crippen molar-refractivity contribution in [2.75, 3.05) is 13.1 Å². The van der Waals surface area contributed by atoms with E-state index in [9.17, 15) is 18.7 Å². The van der Waals surface area contributed by atoms with Gasteiger partial charge in [0.2, 0.25) is 0 Å². The van der Waals surface area contributed by atoms with Gasteiger partial charge in [-0.1, -0.05) is 6.92 Å². The van der Waals surface area contributed by atoms with E-state index in [1.807, 2.05) is 0 Å². The Hall–Kier alpha value is -0.910. The second-order valence-electron chi connectivity index (χ2n) is 5.54. The van der Waals surface area contributed by atoms with Crippen LogP contribution in [0.4, 0.5) is 13.6 Å². The number of ether oxygens (including phenoxy) is 1. The molecule has 1 amide bonds. The predicted octanol–water partition coefficient (Wildman–Crippen LogP) is 1.87. The minimum atomic E-state index is -3.28. The highest BCUT2D eigenvalue weighted by atomic mass is 19.3. The van der Waals surface area contributed by atoms with E-state index >= 15 is 0 Å². The Morgan fingerprint density at radius 2 is 2.00 bits per heavy atom. The summed E-state index contributed by atoms with van der Waals surface area (Å²) in [6.07, 6.45) is -2.47. The number of nitrogens with zero attached hydrogens (tertiary/aromatic N) is 1. The molecule has 0 aromatic rings. The number of hydrogen-bond acceptors (Lipinski definition) is 3. The molecule has 1 aliphatic rings. The normalized spacial score (nSPS) is 29.0. The van der Waals surface area contributed by atoms with Crippen molar-refractivity contribution in [2.24, 2.45) is 5.92 Å². The second-order valence-corrected chi connectivity index (χ2v) is 5.54. The van der Waals surface area contributed by atoms with E-state index in [1.165, 1.54) is 6.92 Å². The van der Waals surface area contributed by atoms with E-state index in [4.69, 9.17) is 4.74 Å². The highest BCUT2D eigenvalue weighted by Crippen LogP contribution is 2.31. The maximum Gasteiger partial charge on any atom is 0.410 e. The van der Waals surface area contributed by atoms with Gasteiger partial charge in [0.15, 0.2) is 0 Å². The predicted molar refractivity (Wildman–Crippen MR) is 57.9 cm³/mol. The van der Waals surface area contributed by atoms with Crippen LogP contribution >= 0.6 is 0 Å². The summed E-state index contributed by atoms with van der Waals surface area (Å²) in [4.78, 5) is 12.6. The summed E-state index contributed by atoms with van der Waals surface area (Å²) in [5.41, 5.74) is -0.717. The average Bonchev–Trinajstić information content (AvgIpc) is 2.10. The Balaban J connectivity index is 2.71. The van der Waals surface area contributed by atoms with E-state index in [0.717, 1.165) is 4.90 Å². The second kappa shape index (κ2) is 4.40. The maximum atomic E-state index is 13.4. The summed E-state index contributed by atoms with van der Waals surface area (Å²) in [5.74, 6) is -3.96. The smallest absolute Gasteiger partial charge is 0.410 e. The van der Waals surface area contributed by atoms with Gasteiger partial charge in [-0.25, -0.2) is 13.6 Å². The van der Waals surface area contributed by atoms with E-state index < -0.39 is 36.2 Å². The summed E-state index contributed by atoms with van der Waals surface area (Å²) >= 11 is 0. The first-order valence-electron chi connectivity index (χ1n) is 5.57. The van der Waals surface area contributed by atoms with Gasteiger partial charge in [0.25, 0.3) is 5.92 Å². The number of halogens is 2. The molecule has 1 N–H and O–H groups in total. The van der Waals surface area contributed by atoms with Gasteiger partial charge >= 0.3 is 6.09 Å². The molecule has 1 aliphatic heterocycles. The molecule has 1 saturated heterocycles. The zero-order valence-corrected chi connectivity index (χ0v) is 10.5. The summed E-state index contributed by atoms with van der Waals surface area (Å²) < 4.78 is 31.8. The van der Waals surface area contributed by atoms with Gasteiger partial charge in [-0.2, -0.15) is 0 Å². The number of hydrogen-bond donors (Lipinski definition) is 1.